The molecular weight excluding hydrogens is 332 g/mol. The number of nitrogens with zero attached hydrogens (tertiary/aromatic N) is 4. The second-order valence-corrected chi connectivity index (χ2v) is 8.03. The van der Waals surface area contributed by atoms with Gasteiger partial charge in [0.25, 0.3) is 0 Å². The molecule has 1 saturated heterocycles. The van der Waals surface area contributed by atoms with Crippen LogP contribution in [0, 0.1) is 6.92 Å². The Morgan fingerprint density at radius 1 is 1.08 bits per heavy atom. The zero-order chi connectivity index (χ0) is 17.3. The minimum Gasteiger partial charge on any atom is -0.352 e. The summed E-state index contributed by atoms with van der Waals surface area (Å²) in [6.07, 6.45) is 4.30. The average molecular weight is 356 g/mol. The fraction of sp³-hybridized carbons (Fsp3) is 0.526. The highest BCUT2D eigenvalue weighted by atomic mass is 32.1. The van der Waals surface area contributed by atoms with Crippen molar-refractivity contribution in [3.05, 3.63) is 40.2 Å². The molecule has 0 aromatic carbocycles. The lowest BCUT2D eigenvalue weighted by Crippen LogP contribution is -2.54. The van der Waals surface area contributed by atoms with Crippen LogP contribution >= 0.6 is 11.3 Å². The van der Waals surface area contributed by atoms with Crippen molar-refractivity contribution < 1.29 is 4.79 Å². The molecule has 132 valence electrons. The Hall–Kier alpha value is -1.95. The lowest BCUT2D eigenvalue weighted by molar-refractivity contribution is -0.137. The number of amides is 1. The van der Waals surface area contributed by atoms with Crippen LogP contribution in [-0.4, -0.2) is 47.2 Å². The largest absolute Gasteiger partial charge is 0.352 e. The molecule has 2 aromatic heterocycles. The number of anilines is 1. The topological polar surface area (TPSA) is 49.3 Å². The monoisotopic (exact) mass is 356 g/mol. The Balaban J connectivity index is 1.46. The van der Waals surface area contributed by atoms with Crippen molar-refractivity contribution in [2.24, 2.45) is 0 Å². The van der Waals surface area contributed by atoms with Crippen LogP contribution < -0.4 is 4.90 Å². The summed E-state index contributed by atoms with van der Waals surface area (Å²) in [5.41, 5.74) is 0.664. The first-order valence-corrected chi connectivity index (χ1v) is 9.96. The van der Waals surface area contributed by atoms with E-state index in [0.717, 1.165) is 63.4 Å². The van der Waals surface area contributed by atoms with Crippen LogP contribution in [0.15, 0.2) is 29.6 Å². The van der Waals surface area contributed by atoms with Crippen molar-refractivity contribution in [3.8, 4) is 0 Å². The van der Waals surface area contributed by atoms with Crippen LogP contribution in [0.3, 0.4) is 0 Å². The number of piperazine rings is 1. The number of hydrogen-bond acceptors (Lipinski definition) is 5. The molecule has 2 aromatic rings. The van der Waals surface area contributed by atoms with Crippen molar-refractivity contribution in [1.29, 1.82) is 0 Å². The molecule has 0 spiro atoms. The van der Waals surface area contributed by atoms with Gasteiger partial charge in [-0.3, -0.25) is 4.79 Å². The van der Waals surface area contributed by atoms with E-state index in [1.165, 1.54) is 4.88 Å². The quantitative estimate of drug-likeness (QED) is 0.848. The highest BCUT2D eigenvalue weighted by Crippen LogP contribution is 2.44. The Kier molecular flexibility index (Phi) is 4.46. The van der Waals surface area contributed by atoms with Gasteiger partial charge in [0, 0.05) is 31.1 Å². The predicted molar refractivity (Wildman–Crippen MR) is 100 cm³/mol. The summed E-state index contributed by atoms with van der Waals surface area (Å²) in [7, 11) is 0. The second-order valence-electron chi connectivity index (χ2n) is 7.08. The van der Waals surface area contributed by atoms with Gasteiger partial charge in [0.1, 0.15) is 0 Å². The summed E-state index contributed by atoms with van der Waals surface area (Å²) in [5, 5.41) is 10.5. The molecule has 5 nitrogen and oxygen atoms in total. The van der Waals surface area contributed by atoms with Crippen LogP contribution in [-0.2, 0) is 10.2 Å². The number of carbonyl (C=O) groups is 1. The summed E-state index contributed by atoms with van der Waals surface area (Å²) in [4.78, 5) is 18.9. The van der Waals surface area contributed by atoms with Gasteiger partial charge in [0.15, 0.2) is 5.82 Å². The first-order chi connectivity index (χ1) is 12.2. The summed E-state index contributed by atoms with van der Waals surface area (Å²) in [6.45, 7) is 5.12. The molecule has 2 fully saturated rings. The van der Waals surface area contributed by atoms with Crippen LogP contribution in [0.5, 0.6) is 0 Å². The maximum atomic E-state index is 13.4. The Bertz CT molecular complexity index is 714. The molecule has 25 heavy (non-hydrogen) atoms. The van der Waals surface area contributed by atoms with E-state index in [9.17, 15) is 4.79 Å². The normalized spacial score (nSPS) is 20.0. The lowest BCUT2D eigenvalue weighted by atomic mass is 9.82. The van der Waals surface area contributed by atoms with Crippen LogP contribution in [0.1, 0.15) is 36.3 Å². The van der Waals surface area contributed by atoms with Crippen molar-refractivity contribution in [2.75, 3.05) is 31.1 Å². The van der Waals surface area contributed by atoms with Crippen molar-refractivity contribution in [1.82, 2.24) is 15.1 Å². The maximum absolute atomic E-state index is 13.4. The second kappa shape index (κ2) is 6.75. The molecule has 0 radical (unpaired) electrons. The Labute approximate surface area is 152 Å². The molecule has 1 aliphatic heterocycles. The third-order valence-corrected chi connectivity index (χ3v) is 6.61. The van der Waals surface area contributed by atoms with Crippen molar-refractivity contribution in [2.45, 2.75) is 38.0 Å². The summed E-state index contributed by atoms with van der Waals surface area (Å²) < 4.78 is 0. The minimum atomic E-state index is -0.264. The van der Waals surface area contributed by atoms with E-state index >= 15 is 0 Å². The molecule has 0 unspecified atom stereocenters. The summed E-state index contributed by atoms with van der Waals surface area (Å²) in [5.74, 6) is 1.24. The lowest BCUT2D eigenvalue weighted by Gasteiger charge is -2.39. The molecular formula is C19H24N4OS. The van der Waals surface area contributed by atoms with Crippen LogP contribution in [0.4, 0.5) is 5.82 Å². The van der Waals surface area contributed by atoms with Gasteiger partial charge in [-0.25, -0.2) is 0 Å². The zero-order valence-electron chi connectivity index (χ0n) is 14.6. The van der Waals surface area contributed by atoms with Gasteiger partial charge in [0.2, 0.25) is 5.91 Å². The molecule has 0 bridgehead atoms. The van der Waals surface area contributed by atoms with E-state index in [1.54, 1.807) is 11.3 Å². The molecule has 1 saturated carbocycles. The third-order valence-electron chi connectivity index (χ3n) is 5.53. The first-order valence-electron chi connectivity index (χ1n) is 9.08. The van der Waals surface area contributed by atoms with E-state index in [2.05, 4.69) is 37.5 Å². The van der Waals surface area contributed by atoms with E-state index in [0.29, 0.717) is 5.91 Å². The number of aromatic nitrogens is 2. The van der Waals surface area contributed by atoms with Gasteiger partial charge in [-0.2, -0.15) is 5.10 Å². The first kappa shape index (κ1) is 16.5. The molecule has 6 heteroatoms. The highest BCUT2D eigenvalue weighted by Gasteiger charge is 2.46. The molecule has 4 rings (SSSR count). The number of hydrogen-bond donors (Lipinski definition) is 0. The molecule has 3 heterocycles. The maximum Gasteiger partial charge on any atom is 0.234 e. The van der Waals surface area contributed by atoms with Gasteiger partial charge >= 0.3 is 0 Å². The Morgan fingerprint density at radius 3 is 2.44 bits per heavy atom. The molecule has 0 atom stereocenters. The van der Waals surface area contributed by atoms with Gasteiger partial charge in [-0.15, -0.1) is 16.4 Å². The van der Waals surface area contributed by atoms with E-state index in [1.807, 2.05) is 19.1 Å². The van der Waals surface area contributed by atoms with Gasteiger partial charge in [0.05, 0.1) is 11.1 Å². The van der Waals surface area contributed by atoms with E-state index < -0.39 is 0 Å². The molecule has 2 aliphatic rings. The number of carbonyl (C=O) groups excluding carboxylic acids is 1. The zero-order valence-corrected chi connectivity index (χ0v) is 15.5. The number of aryl methyl sites for hydroxylation is 1. The van der Waals surface area contributed by atoms with Gasteiger partial charge in [-0.05, 0) is 43.3 Å². The standard InChI is InChI=1S/C19H24N4OS/c1-15-6-7-17(21-20-15)22-10-12-23(13-11-22)18(24)19(8-2-3-9-19)16-5-4-14-25-16/h4-7,14H,2-3,8-13H2,1H3. The third kappa shape index (κ3) is 3.03. The summed E-state index contributed by atoms with van der Waals surface area (Å²) >= 11 is 1.73. The van der Waals surface area contributed by atoms with Crippen molar-refractivity contribution >= 4 is 23.1 Å². The van der Waals surface area contributed by atoms with Gasteiger partial charge in [-0.1, -0.05) is 18.9 Å². The highest BCUT2D eigenvalue weighted by molar-refractivity contribution is 7.10. The van der Waals surface area contributed by atoms with E-state index in [4.69, 9.17) is 0 Å². The minimum absolute atomic E-state index is 0.264. The SMILES string of the molecule is Cc1ccc(N2CCN(C(=O)C3(c4cccs4)CCCC3)CC2)nn1. The van der Waals surface area contributed by atoms with Gasteiger partial charge < -0.3 is 9.80 Å². The fourth-order valence-electron chi connectivity index (χ4n) is 4.10. The molecule has 0 N–H and O–H groups in total. The average Bonchev–Trinajstić information content (AvgIpc) is 3.34. The fourth-order valence-corrected chi connectivity index (χ4v) is 5.07. The molecule has 1 amide bonds. The van der Waals surface area contributed by atoms with Crippen molar-refractivity contribution in [3.63, 3.8) is 0 Å². The molecule has 1 aliphatic carbocycles. The van der Waals surface area contributed by atoms with Crippen LogP contribution in [0.2, 0.25) is 0 Å². The number of rotatable bonds is 3. The van der Waals surface area contributed by atoms with E-state index in [-0.39, 0.29) is 5.41 Å². The van der Waals surface area contributed by atoms with Crippen LogP contribution in [0.25, 0.3) is 0 Å². The smallest absolute Gasteiger partial charge is 0.234 e. The number of thiophene rings is 1. The predicted octanol–water partition coefficient (Wildman–Crippen LogP) is 3.01. The summed E-state index contributed by atoms with van der Waals surface area (Å²) in [6, 6.07) is 8.22. The Morgan fingerprint density at radius 2 is 1.84 bits per heavy atom.